The van der Waals surface area contributed by atoms with Crippen molar-refractivity contribution in [1.82, 2.24) is 19.6 Å². The average molecular weight is 335 g/mol. The van der Waals surface area contributed by atoms with Crippen LogP contribution >= 0.6 is 0 Å². The summed E-state index contributed by atoms with van der Waals surface area (Å²) >= 11 is 0. The number of nitrogens with one attached hydrogen (secondary N) is 1. The van der Waals surface area contributed by atoms with Crippen LogP contribution in [0.15, 0.2) is 0 Å². The highest BCUT2D eigenvalue weighted by molar-refractivity contribution is 5.90. The Morgan fingerprint density at radius 1 is 1.12 bits per heavy atom. The van der Waals surface area contributed by atoms with Gasteiger partial charge in [0, 0.05) is 32.2 Å². The molecule has 0 atom stereocenters. The molecule has 0 aromatic carbocycles. The normalized spacial score (nSPS) is 16.8. The summed E-state index contributed by atoms with van der Waals surface area (Å²) in [6.07, 6.45) is 1.03. The van der Waals surface area contributed by atoms with Crippen LogP contribution in [0, 0.1) is 19.8 Å². The van der Waals surface area contributed by atoms with Gasteiger partial charge in [-0.1, -0.05) is 13.8 Å². The Morgan fingerprint density at radius 2 is 1.83 bits per heavy atom. The van der Waals surface area contributed by atoms with Gasteiger partial charge in [-0.25, -0.2) is 4.79 Å². The van der Waals surface area contributed by atoms with E-state index in [1.807, 2.05) is 23.4 Å². The Labute approximate surface area is 146 Å². The summed E-state index contributed by atoms with van der Waals surface area (Å²) in [5, 5.41) is 7.64. The SMILES string of the molecule is Cc1nn(C(C)C)c(C)c1NC(=O)N1CCCN(CC(C)C)CC1. The van der Waals surface area contributed by atoms with Gasteiger partial charge in [0.1, 0.15) is 0 Å². The molecule has 0 saturated carbocycles. The molecule has 1 N–H and O–H groups in total. The number of carbonyl (C=O) groups is 1. The molecule has 0 radical (unpaired) electrons. The number of carbonyl (C=O) groups excluding carboxylic acids is 1. The first-order valence-corrected chi connectivity index (χ1v) is 9.13. The number of hydrogen-bond donors (Lipinski definition) is 1. The second kappa shape index (κ2) is 8.01. The third-order valence-corrected chi connectivity index (χ3v) is 4.55. The lowest BCUT2D eigenvalue weighted by molar-refractivity contribution is 0.209. The van der Waals surface area contributed by atoms with E-state index in [9.17, 15) is 4.79 Å². The molecular weight excluding hydrogens is 302 g/mol. The number of anilines is 1. The van der Waals surface area contributed by atoms with Crippen LogP contribution in [0.4, 0.5) is 10.5 Å². The van der Waals surface area contributed by atoms with Gasteiger partial charge in [0.25, 0.3) is 0 Å². The predicted octanol–water partition coefficient (Wildman–Crippen LogP) is 3.28. The van der Waals surface area contributed by atoms with E-state index in [0.717, 1.165) is 56.2 Å². The first kappa shape index (κ1) is 18.8. The zero-order valence-electron chi connectivity index (χ0n) is 16.1. The third-order valence-electron chi connectivity index (χ3n) is 4.55. The molecule has 2 rings (SSSR count). The van der Waals surface area contributed by atoms with E-state index >= 15 is 0 Å². The third kappa shape index (κ3) is 4.50. The number of nitrogens with zero attached hydrogens (tertiary/aromatic N) is 4. The molecule has 6 nitrogen and oxygen atoms in total. The molecule has 0 bridgehead atoms. The van der Waals surface area contributed by atoms with Crippen LogP contribution in [0.1, 0.15) is 51.5 Å². The van der Waals surface area contributed by atoms with Gasteiger partial charge in [0.05, 0.1) is 17.1 Å². The molecule has 0 spiro atoms. The summed E-state index contributed by atoms with van der Waals surface area (Å²) in [4.78, 5) is 17.1. The Balaban J connectivity index is 2.00. The molecule has 136 valence electrons. The van der Waals surface area contributed by atoms with Crippen LogP contribution in [-0.4, -0.2) is 58.3 Å². The average Bonchev–Trinajstić information content (AvgIpc) is 2.67. The summed E-state index contributed by atoms with van der Waals surface area (Å²) in [7, 11) is 0. The van der Waals surface area contributed by atoms with Crippen LogP contribution in [0.2, 0.25) is 0 Å². The molecule has 1 aromatic heterocycles. The van der Waals surface area contributed by atoms with Crippen molar-refractivity contribution in [1.29, 1.82) is 0 Å². The minimum Gasteiger partial charge on any atom is -0.323 e. The second-order valence-corrected chi connectivity index (χ2v) is 7.55. The van der Waals surface area contributed by atoms with Crippen LogP contribution in [0.25, 0.3) is 0 Å². The lowest BCUT2D eigenvalue weighted by Gasteiger charge is -2.23. The highest BCUT2D eigenvalue weighted by atomic mass is 16.2. The van der Waals surface area contributed by atoms with Gasteiger partial charge in [-0.3, -0.25) is 4.68 Å². The maximum absolute atomic E-state index is 12.7. The minimum absolute atomic E-state index is 0.00379. The Morgan fingerprint density at radius 3 is 2.42 bits per heavy atom. The van der Waals surface area contributed by atoms with Gasteiger partial charge in [-0.2, -0.15) is 5.10 Å². The number of aryl methyl sites for hydroxylation is 1. The molecule has 1 saturated heterocycles. The van der Waals surface area contributed by atoms with Crippen molar-refractivity contribution in [2.45, 2.75) is 54.0 Å². The monoisotopic (exact) mass is 335 g/mol. The molecule has 24 heavy (non-hydrogen) atoms. The maximum Gasteiger partial charge on any atom is 0.321 e. The molecule has 0 aliphatic carbocycles. The van der Waals surface area contributed by atoms with E-state index in [1.165, 1.54) is 0 Å². The van der Waals surface area contributed by atoms with Gasteiger partial charge >= 0.3 is 6.03 Å². The van der Waals surface area contributed by atoms with E-state index in [4.69, 9.17) is 0 Å². The van der Waals surface area contributed by atoms with Gasteiger partial charge in [0.15, 0.2) is 0 Å². The summed E-state index contributed by atoms with van der Waals surface area (Å²) in [5.41, 5.74) is 2.76. The molecule has 1 aliphatic heterocycles. The zero-order chi connectivity index (χ0) is 17.9. The molecule has 0 unspecified atom stereocenters. The van der Waals surface area contributed by atoms with Crippen LogP contribution in [0.3, 0.4) is 0 Å². The number of amides is 2. The number of urea groups is 1. The van der Waals surface area contributed by atoms with E-state index in [1.54, 1.807) is 0 Å². The van der Waals surface area contributed by atoms with E-state index in [2.05, 4.69) is 43.0 Å². The second-order valence-electron chi connectivity index (χ2n) is 7.55. The fraction of sp³-hybridized carbons (Fsp3) is 0.778. The summed E-state index contributed by atoms with van der Waals surface area (Å²) < 4.78 is 1.97. The largest absolute Gasteiger partial charge is 0.323 e. The Kier molecular flexibility index (Phi) is 6.27. The first-order chi connectivity index (χ1) is 11.3. The lowest BCUT2D eigenvalue weighted by Crippen LogP contribution is -2.38. The van der Waals surface area contributed by atoms with Crippen molar-refractivity contribution in [3.63, 3.8) is 0 Å². The Hall–Kier alpha value is -1.56. The maximum atomic E-state index is 12.7. The molecule has 2 amide bonds. The highest BCUT2D eigenvalue weighted by Gasteiger charge is 2.22. The molecule has 6 heteroatoms. The Bertz CT molecular complexity index is 564. The molecule has 1 aliphatic rings. The molecular formula is C18H33N5O. The predicted molar refractivity (Wildman–Crippen MR) is 98.6 cm³/mol. The van der Waals surface area contributed by atoms with Gasteiger partial charge in [-0.05, 0) is 46.6 Å². The number of rotatable bonds is 4. The quantitative estimate of drug-likeness (QED) is 0.919. The van der Waals surface area contributed by atoms with E-state index in [-0.39, 0.29) is 12.1 Å². The van der Waals surface area contributed by atoms with E-state index < -0.39 is 0 Å². The van der Waals surface area contributed by atoms with E-state index in [0.29, 0.717) is 5.92 Å². The smallest absolute Gasteiger partial charge is 0.321 e. The fourth-order valence-electron chi connectivity index (χ4n) is 3.41. The van der Waals surface area contributed by atoms with Crippen LogP contribution in [0.5, 0.6) is 0 Å². The first-order valence-electron chi connectivity index (χ1n) is 9.13. The standard InChI is InChI=1S/C18H33N5O/c1-13(2)12-21-8-7-9-22(11-10-21)18(24)19-17-15(5)20-23(14(3)4)16(17)6/h13-14H,7-12H2,1-6H3,(H,19,24). The lowest BCUT2D eigenvalue weighted by atomic mass is 10.2. The van der Waals surface area contributed by atoms with Crippen molar-refractivity contribution in [2.75, 3.05) is 38.0 Å². The van der Waals surface area contributed by atoms with Crippen molar-refractivity contribution in [2.24, 2.45) is 5.92 Å². The van der Waals surface area contributed by atoms with Crippen LogP contribution < -0.4 is 5.32 Å². The topological polar surface area (TPSA) is 53.4 Å². The van der Waals surface area contributed by atoms with Crippen molar-refractivity contribution in [3.05, 3.63) is 11.4 Å². The van der Waals surface area contributed by atoms with Crippen molar-refractivity contribution >= 4 is 11.7 Å². The highest BCUT2D eigenvalue weighted by Crippen LogP contribution is 2.23. The van der Waals surface area contributed by atoms with Gasteiger partial charge < -0.3 is 15.1 Å². The minimum atomic E-state index is -0.00379. The van der Waals surface area contributed by atoms with Gasteiger partial charge in [-0.15, -0.1) is 0 Å². The zero-order valence-corrected chi connectivity index (χ0v) is 16.1. The fourth-order valence-corrected chi connectivity index (χ4v) is 3.41. The molecule has 1 aromatic rings. The summed E-state index contributed by atoms with van der Waals surface area (Å²) in [6.45, 7) is 17.4. The number of hydrogen-bond acceptors (Lipinski definition) is 3. The van der Waals surface area contributed by atoms with Crippen molar-refractivity contribution < 1.29 is 4.79 Å². The van der Waals surface area contributed by atoms with Crippen LogP contribution in [-0.2, 0) is 0 Å². The summed E-state index contributed by atoms with van der Waals surface area (Å²) in [6, 6.07) is 0.285. The van der Waals surface area contributed by atoms with Gasteiger partial charge in [0.2, 0.25) is 0 Å². The number of aromatic nitrogens is 2. The molecule has 1 fully saturated rings. The molecule has 2 heterocycles. The van der Waals surface area contributed by atoms with Crippen molar-refractivity contribution in [3.8, 4) is 0 Å². The summed E-state index contributed by atoms with van der Waals surface area (Å²) in [5.74, 6) is 0.664.